The third-order valence-electron chi connectivity index (χ3n) is 3.92. The molecule has 2 amide bonds. The molecule has 24 heavy (non-hydrogen) atoms. The number of hydrogen-bond acceptors (Lipinski definition) is 6. The minimum Gasteiger partial charge on any atom is -0.315 e. The molecule has 0 radical (unpaired) electrons. The fourth-order valence-electron chi connectivity index (χ4n) is 2.81. The van der Waals surface area contributed by atoms with Gasteiger partial charge in [-0.15, -0.1) is 11.3 Å². The summed E-state index contributed by atoms with van der Waals surface area (Å²) in [5.41, 5.74) is 0.941. The van der Waals surface area contributed by atoms with Gasteiger partial charge in [0.1, 0.15) is 5.01 Å². The molecule has 0 saturated carbocycles. The number of hydrogen-bond donors (Lipinski definition) is 1. The maximum absolute atomic E-state index is 12.6. The standard InChI is InChI=1S/C16H15N5OS2/c22-16(21-9-4-7-12(21)14-17-8-10-23-14)19-15-18-13(20-24-15)11-5-2-1-3-6-11/h1-3,5-6,8,10,12H,4,7,9H2,(H,18,19,20,22)/t12-/m0/s1. The monoisotopic (exact) mass is 357 g/mol. The Hall–Kier alpha value is -2.32. The van der Waals surface area contributed by atoms with Gasteiger partial charge in [-0.25, -0.2) is 9.78 Å². The van der Waals surface area contributed by atoms with E-state index in [1.807, 2.05) is 40.6 Å². The lowest BCUT2D eigenvalue weighted by atomic mass is 10.2. The van der Waals surface area contributed by atoms with Gasteiger partial charge in [0.05, 0.1) is 6.04 Å². The van der Waals surface area contributed by atoms with Gasteiger partial charge in [0.2, 0.25) is 5.13 Å². The number of carbonyl (C=O) groups excluding carboxylic acids is 1. The summed E-state index contributed by atoms with van der Waals surface area (Å²) in [6, 6.07) is 9.66. The van der Waals surface area contributed by atoms with E-state index in [0.717, 1.165) is 30.0 Å². The maximum atomic E-state index is 12.6. The molecule has 4 rings (SSSR count). The Balaban J connectivity index is 1.47. The van der Waals surface area contributed by atoms with Gasteiger partial charge in [0.25, 0.3) is 0 Å². The molecule has 1 aromatic carbocycles. The predicted octanol–water partition coefficient (Wildman–Crippen LogP) is 4.03. The van der Waals surface area contributed by atoms with Crippen LogP contribution in [0.5, 0.6) is 0 Å². The minimum absolute atomic E-state index is 0.0616. The summed E-state index contributed by atoms with van der Waals surface area (Å²) in [6.07, 6.45) is 3.72. The van der Waals surface area contributed by atoms with Crippen molar-refractivity contribution < 1.29 is 4.79 Å². The number of carbonyl (C=O) groups is 1. The van der Waals surface area contributed by atoms with Crippen LogP contribution in [0.4, 0.5) is 9.93 Å². The normalized spacial score (nSPS) is 17.2. The van der Waals surface area contributed by atoms with Crippen molar-refractivity contribution in [1.29, 1.82) is 0 Å². The van der Waals surface area contributed by atoms with Gasteiger partial charge in [0.15, 0.2) is 5.82 Å². The zero-order chi connectivity index (χ0) is 16.4. The van der Waals surface area contributed by atoms with Crippen molar-refractivity contribution in [2.45, 2.75) is 18.9 Å². The fraction of sp³-hybridized carbons (Fsp3) is 0.250. The first kappa shape index (κ1) is 15.2. The average Bonchev–Trinajstić information content (AvgIpc) is 3.36. The Morgan fingerprint density at radius 2 is 2.17 bits per heavy atom. The summed E-state index contributed by atoms with van der Waals surface area (Å²) in [7, 11) is 0. The van der Waals surface area contributed by atoms with Crippen LogP contribution in [0.1, 0.15) is 23.9 Å². The molecule has 6 nitrogen and oxygen atoms in total. The quantitative estimate of drug-likeness (QED) is 0.768. The molecule has 1 aliphatic rings. The van der Waals surface area contributed by atoms with Gasteiger partial charge >= 0.3 is 6.03 Å². The van der Waals surface area contributed by atoms with Crippen molar-refractivity contribution >= 4 is 34.0 Å². The summed E-state index contributed by atoms with van der Waals surface area (Å²) < 4.78 is 4.32. The number of amides is 2. The number of nitrogens with zero attached hydrogens (tertiary/aromatic N) is 4. The van der Waals surface area contributed by atoms with Crippen LogP contribution in [0.15, 0.2) is 41.9 Å². The van der Waals surface area contributed by atoms with E-state index in [9.17, 15) is 4.79 Å². The molecule has 1 fully saturated rings. The molecule has 3 aromatic rings. The Morgan fingerprint density at radius 3 is 2.96 bits per heavy atom. The molecule has 0 aliphatic carbocycles. The number of aromatic nitrogens is 3. The second-order valence-electron chi connectivity index (χ2n) is 5.44. The lowest BCUT2D eigenvalue weighted by Crippen LogP contribution is -2.34. The number of benzene rings is 1. The van der Waals surface area contributed by atoms with Crippen LogP contribution in [-0.4, -0.2) is 31.8 Å². The third-order valence-corrected chi connectivity index (χ3v) is 5.43. The molecular formula is C16H15N5OS2. The Labute approximate surface area is 147 Å². The Bertz CT molecular complexity index is 818. The van der Waals surface area contributed by atoms with Gasteiger partial charge in [0, 0.05) is 35.2 Å². The number of likely N-dealkylation sites (tertiary alicyclic amines) is 1. The first-order valence-electron chi connectivity index (χ1n) is 7.67. The van der Waals surface area contributed by atoms with Crippen LogP contribution >= 0.6 is 22.9 Å². The topological polar surface area (TPSA) is 71.0 Å². The number of urea groups is 1. The van der Waals surface area contributed by atoms with Crippen molar-refractivity contribution in [1.82, 2.24) is 19.2 Å². The van der Waals surface area contributed by atoms with Crippen molar-refractivity contribution in [2.75, 3.05) is 11.9 Å². The largest absolute Gasteiger partial charge is 0.324 e. The second-order valence-corrected chi connectivity index (χ2v) is 7.12. The molecular weight excluding hydrogens is 342 g/mol. The highest BCUT2D eigenvalue weighted by Gasteiger charge is 2.32. The SMILES string of the molecule is O=C(Nc1nc(-c2ccccc2)ns1)N1CCC[C@H]1c1nccs1. The number of thiazole rings is 1. The zero-order valence-electron chi connectivity index (χ0n) is 12.8. The first-order chi connectivity index (χ1) is 11.8. The molecule has 1 atom stereocenters. The van der Waals surface area contributed by atoms with Crippen molar-refractivity contribution in [3.05, 3.63) is 46.9 Å². The zero-order valence-corrected chi connectivity index (χ0v) is 14.4. The van der Waals surface area contributed by atoms with E-state index in [1.165, 1.54) is 11.5 Å². The number of anilines is 1. The van der Waals surface area contributed by atoms with Crippen LogP contribution in [0.25, 0.3) is 11.4 Å². The summed E-state index contributed by atoms with van der Waals surface area (Å²) in [5, 5.41) is 6.33. The molecule has 0 unspecified atom stereocenters. The molecule has 3 heterocycles. The summed E-state index contributed by atoms with van der Waals surface area (Å²) in [5.74, 6) is 0.633. The van der Waals surface area contributed by atoms with E-state index >= 15 is 0 Å². The van der Waals surface area contributed by atoms with Crippen LogP contribution in [0.2, 0.25) is 0 Å². The van der Waals surface area contributed by atoms with Crippen LogP contribution < -0.4 is 5.32 Å². The van der Waals surface area contributed by atoms with Crippen molar-refractivity contribution in [3.63, 3.8) is 0 Å². The summed E-state index contributed by atoms with van der Waals surface area (Å²) in [6.45, 7) is 0.737. The molecule has 0 spiro atoms. The Morgan fingerprint density at radius 1 is 1.29 bits per heavy atom. The third kappa shape index (κ3) is 3.02. The van der Waals surface area contributed by atoms with E-state index < -0.39 is 0 Å². The number of rotatable bonds is 3. The molecule has 1 aliphatic heterocycles. The van der Waals surface area contributed by atoms with Gasteiger partial charge in [-0.2, -0.15) is 9.36 Å². The summed E-state index contributed by atoms with van der Waals surface area (Å²) in [4.78, 5) is 23.2. The molecule has 1 saturated heterocycles. The Kier molecular flexibility index (Phi) is 4.22. The highest BCUT2D eigenvalue weighted by molar-refractivity contribution is 7.10. The van der Waals surface area contributed by atoms with Crippen molar-refractivity contribution in [3.8, 4) is 11.4 Å². The first-order valence-corrected chi connectivity index (χ1v) is 9.33. The molecule has 0 bridgehead atoms. The minimum atomic E-state index is -0.136. The van der Waals surface area contributed by atoms with Crippen LogP contribution in [0.3, 0.4) is 0 Å². The lowest BCUT2D eigenvalue weighted by molar-refractivity contribution is 0.207. The van der Waals surface area contributed by atoms with Gasteiger partial charge in [-0.1, -0.05) is 30.3 Å². The number of nitrogens with one attached hydrogen (secondary N) is 1. The van der Waals surface area contributed by atoms with Gasteiger partial charge in [-0.05, 0) is 12.8 Å². The van der Waals surface area contributed by atoms with E-state index in [-0.39, 0.29) is 12.1 Å². The van der Waals surface area contributed by atoms with E-state index in [4.69, 9.17) is 0 Å². The van der Waals surface area contributed by atoms with E-state index in [2.05, 4.69) is 19.7 Å². The predicted molar refractivity (Wildman–Crippen MR) is 95.2 cm³/mol. The van der Waals surface area contributed by atoms with Crippen molar-refractivity contribution in [2.24, 2.45) is 0 Å². The average molecular weight is 357 g/mol. The van der Waals surface area contributed by atoms with Crippen LogP contribution in [-0.2, 0) is 0 Å². The molecule has 2 aromatic heterocycles. The van der Waals surface area contributed by atoms with E-state index in [1.54, 1.807) is 17.5 Å². The molecule has 8 heteroatoms. The summed E-state index contributed by atoms with van der Waals surface area (Å²) >= 11 is 2.79. The molecule has 122 valence electrons. The highest BCUT2D eigenvalue weighted by Crippen LogP contribution is 2.33. The second kappa shape index (κ2) is 6.66. The van der Waals surface area contributed by atoms with Gasteiger partial charge in [-0.3, -0.25) is 5.32 Å². The molecule has 1 N–H and O–H groups in total. The highest BCUT2D eigenvalue weighted by atomic mass is 32.1. The van der Waals surface area contributed by atoms with E-state index in [0.29, 0.717) is 11.0 Å². The maximum Gasteiger partial charge on any atom is 0.324 e. The fourth-order valence-corrected chi connectivity index (χ4v) is 4.17. The van der Waals surface area contributed by atoms with Crippen LogP contribution in [0, 0.1) is 0 Å². The smallest absolute Gasteiger partial charge is 0.315 e. The lowest BCUT2D eigenvalue weighted by Gasteiger charge is -2.22. The van der Waals surface area contributed by atoms with Gasteiger partial charge < -0.3 is 4.90 Å².